The molecule has 0 aromatic carbocycles. The molecule has 0 spiro atoms. The van der Waals surface area contributed by atoms with E-state index in [9.17, 15) is 4.79 Å². The van der Waals surface area contributed by atoms with Gasteiger partial charge in [-0.15, -0.1) is 11.3 Å². The van der Waals surface area contributed by atoms with Crippen LogP contribution in [0.25, 0.3) is 0 Å². The molecule has 1 N–H and O–H groups in total. The van der Waals surface area contributed by atoms with Crippen molar-refractivity contribution in [3.63, 3.8) is 0 Å². The predicted molar refractivity (Wildman–Crippen MR) is 84.7 cm³/mol. The molecule has 118 valence electrons. The van der Waals surface area contributed by atoms with E-state index < -0.39 is 0 Å². The first-order chi connectivity index (χ1) is 10.0. The van der Waals surface area contributed by atoms with Gasteiger partial charge in [-0.1, -0.05) is 6.92 Å². The van der Waals surface area contributed by atoms with Crippen LogP contribution in [0, 0.1) is 12.8 Å². The number of aryl methyl sites for hydroxylation is 2. The van der Waals surface area contributed by atoms with Crippen LogP contribution in [-0.4, -0.2) is 42.7 Å². The van der Waals surface area contributed by atoms with E-state index in [1.807, 2.05) is 14.0 Å². The molecule has 21 heavy (non-hydrogen) atoms. The van der Waals surface area contributed by atoms with Crippen molar-refractivity contribution in [1.82, 2.24) is 15.2 Å². The molecular weight excluding hydrogens is 286 g/mol. The van der Waals surface area contributed by atoms with Gasteiger partial charge in [0.1, 0.15) is 0 Å². The molecule has 0 saturated carbocycles. The quantitative estimate of drug-likeness (QED) is 0.909. The molecule has 2 atom stereocenters. The molecule has 0 bridgehead atoms. The van der Waals surface area contributed by atoms with Crippen LogP contribution >= 0.6 is 11.3 Å². The first-order valence-electron chi connectivity index (χ1n) is 7.57. The zero-order valence-electron chi connectivity index (χ0n) is 13.3. The van der Waals surface area contributed by atoms with Crippen molar-refractivity contribution in [1.29, 1.82) is 0 Å². The highest BCUT2D eigenvalue weighted by Crippen LogP contribution is 2.28. The van der Waals surface area contributed by atoms with Crippen molar-refractivity contribution < 1.29 is 9.53 Å². The van der Waals surface area contributed by atoms with Crippen molar-refractivity contribution in [2.45, 2.75) is 39.7 Å². The summed E-state index contributed by atoms with van der Waals surface area (Å²) in [6.07, 6.45) is 1.98. The molecule has 5 nitrogen and oxygen atoms in total. The molecule has 0 radical (unpaired) electrons. The molecule has 2 amide bonds. The van der Waals surface area contributed by atoms with Gasteiger partial charge in [0.25, 0.3) is 0 Å². The zero-order chi connectivity index (χ0) is 15.4. The number of nitrogens with one attached hydrogen (secondary N) is 1. The van der Waals surface area contributed by atoms with E-state index in [1.54, 1.807) is 16.2 Å². The summed E-state index contributed by atoms with van der Waals surface area (Å²) in [5, 5.41) is 4.14. The van der Waals surface area contributed by atoms with Crippen LogP contribution in [0.4, 0.5) is 4.79 Å². The smallest absolute Gasteiger partial charge is 0.317 e. The molecule has 1 aromatic heterocycles. The average molecular weight is 311 g/mol. The zero-order valence-corrected chi connectivity index (χ0v) is 14.1. The lowest BCUT2D eigenvalue weighted by Crippen LogP contribution is -2.40. The van der Waals surface area contributed by atoms with Crippen LogP contribution in [0.5, 0.6) is 0 Å². The third-order valence-electron chi connectivity index (χ3n) is 4.03. The summed E-state index contributed by atoms with van der Waals surface area (Å²) in [6, 6.07) is 0.0166. The molecule has 6 heteroatoms. The fraction of sp³-hybridized carbons (Fsp3) is 0.733. The van der Waals surface area contributed by atoms with Gasteiger partial charge in [-0.2, -0.15) is 0 Å². The topological polar surface area (TPSA) is 54.5 Å². The van der Waals surface area contributed by atoms with Gasteiger partial charge < -0.3 is 15.0 Å². The van der Waals surface area contributed by atoms with Gasteiger partial charge in [0.05, 0.1) is 23.4 Å². The van der Waals surface area contributed by atoms with Gasteiger partial charge in [-0.25, -0.2) is 9.78 Å². The van der Waals surface area contributed by atoms with E-state index in [0.717, 1.165) is 36.8 Å². The Morgan fingerprint density at radius 1 is 1.62 bits per heavy atom. The Bertz CT molecular complexity index is 483. The highest BCUT2D eigenvalue weighted by Gasteiger charge is 2.23. The largest absolute Gasteiger partial charge is 0.381 e. The van der Waals surface area contributed by atoms with E-state index in [0.29, 0.717) is 12.5 Å². The van der Waals surface area contributed by atoms with Crippen LogP contribution in [0.3, 0.4) is 0 Å². The lowest BCUT2D eigenvalue weighted by Gasteiger charge is -2.25. The minimum absolute atomic E-state index is 0.0275. The second-order valence-electron chi connectivity index (χ2n) is 5.61. The third-order valence-corrected chi connectivity index (χ3v) is 5.50. The lowest BCUT2D eigenvalue weighted by molar-refractivity contribution is 0.179. The monoisotopic (exact) mass is 311 g/mol. The number of aromatic nitrogens is 1. The first kappa shape index (κ1) is 16.2. The number of hydrogen-bond donors (Lipinski definition) is 1. The second kappa shape index (κ2) is 7.22. The normalized spacial score (nSPS) is 19.5. The number of amides is 2. The van der Waals surface area contributed by atoms with Gasteiger partial charge >= 0.3 is 6.03 Å². The number of thiazole rings is 1. The maximum absolute atomic E-state index is 12.3. The van der Waals surface area contributed by atoms with Gasteiger partial charge in [-0.3, -0.25) is 0 Å². The SMILES string of the molecule is CCc1nc(C)c([C@H](C)N(C)C(=O)NC[C@@H]2CCOC2)s1. The Labute approximate surface area is 130 Å². The molecule has 1 aromatic rings. The summed E-state index contributed by atoms with van der Waals surface area (Å²) in [5.41, 5.74) is 1.04. The van der Waals surface area contributed by atoms with Gasteiger partial charge in [0, 0.05) is 31.0 Å². The number of hydrogen-bond acceptors (Lipinski definition) is 4. The van der Waals surface area contributed by atoms with Crippen molar-refractivity contribution in [2.75, 3.05) is 26.8 Å². The van der Waals surface area contributed by atoms with E-state index in [-0.39, 0.29) is 12.1 Å². The summed E-state index contributed by atoms with van der Waals surface area (Å²) in [6.45, 7) is 8.44. The average Bonchev–Trinajstić information content (AvgIpc) is 3.12. The van der Waals surface area contributed by atoms with Crippen LogP contribution in [0.15, 0.2) is 0 Å². The first-order valence-corrected chi connectivity index (χ1v) is 8.39. The highest BCUT2D eigenvalue weighted by atomic mass is 32.1. The van der Waals surface area contributed by atoms with Crippen LogP contribution < -0.4 is 5.32 Å². The molecule has 1 saturated heterocycles. The molecule has 2 heterocycles. The predicted octanol–water partition coefficient (Wildman–Crippen LogP) is 2.75. The van der Waals surface area contributed by atoms with E-state index in [1.165, 1.54) is 4.88 Å². The summed E-state index contributed by atoms with van der Waals surface area (Å²) in [7, 11) is 1.84. The minimum atomic E-state index is -0.0275. The fourth-order valence-electron chi connectivity index (χ4n) is 2.46. The lowest BCUT2D eigenvalue weighted by atomic mass is 10.1. The molecule has 1 aliphatic heterocycles. The van der Waals surface area contributed by atoms with Crippen molar-refractivity contribution in [3.05, 3.63) is 15.6 Å². The van der Waals surface area contributed by atoms with E-state index in [2.05, 4.69) is 24.1 Å². The number of carbonyl (C=O) groups is 1. The Hall–Kier alpha value is -1.14. The van der Waals surface area contributed by atoms with Crippen LogP contribution in [0.2, 0.25) is 0 Å². The Kier molecular flexibility index (Phi) is 5.58. The molecular formula is C15H25N3O2S. The maximum Gasteiger partial charge on any atom is 0.317 e. The van der Waals surface area contributed by atoms with Crippen molar-refractivity contribution >= 4 is 17.4 Å². The van der Waals surface area contributed by atoms with E-state index in [4.69, 9.17) is 4.74 Å². The molecule has 1 fully saturated rings. The summed E-state index contributed by atoms with van der Waals surface area (Å²) >= 11 is 1.70. The van der Waals surface area contributed by atoms with Crippen LogP contribution in [0.1, 0.15) is 41.9 Å². The molecule has 0 unspecified atom stereocenters. The Morgan fingerprint density at radius 2 is 2.38 bits per heavy atom. The Morgan fingerprint density at radius 3 is 2.95 bits per heavy atom. The summed E-state index contributed by atoms with van der Waals surface area (Å²) < 4.78 is 5.33. The number of carbonyl (C=O) groups excluding carboxylic acids is 1. The number of ether oxygens (including phenoxy) is 1. The van der Waals surface area contributed by atoms with Crippen molar-refractivity contribution in [2.24, 2.45) is 5.92 Å². The van der Waals surface area contributed by atoms with Gasteiger partial charge in [0.15, 0.2) is 0 Å². The van der Waals surface area contributed by atoms with E-state index >= 15 is 0 Å². The standard InChI is InChI=1S/C15H25N3O2S/c1-5-13-17-10(2)14(21-13)11(3)18(4)15(19)16-8-12-6-7-20-9-12/h11-12H,5-9H2,1-4H3,(H,16,19)/t11-,12-/m0/s1. The van der Waals surface area contributed by atoms with Crippen molar-refractivity contribution in [3.8, 4) is 0 Å². The minimum Gasteiger partial charge on any atom is -0.381 e. The van der Waals surface area contributed by atoms with Gasteiger partial charge in [0.2, 0.25) is 0 Å². The molecule has 1 aliphatic rings. The van der Waals surface area contributed by atoms with Crippen LogP contribution in [-0.2, 0) is 11.2 Å². The summed E-state index contributed by atoms with van der Waals surface area (Å²) in [4.78, 5) is 19.7. The number of nitrogens with zero attached hydrogens (tertiary/aromatic N) is 2. The second-order valence-corrected chi connectivity index (χ2v) is 6.73. The van der Waals surface area contributed by atoms with Gasteiger partial charge in [-0.05, 0) is 26.7 Å². The molecule has 0 aliphatic carbocycles. The fourth-order valence-corrected chi connectivity index (χ4v) is 3.56. The number of rotatable bonds is 5. The number of urea groups is 1. The summed E-state index contributed by atoms with van der Waals surface area (Å²) in [5.74, 6) is 0.453. The third kappa shape index (κ3) is 3.95. The highest BCUT2D eigenvalue weighted by molar-refractivity contribution is 7.11. The molecule has 2 rings (SSSR count). The maximum atomic E-state index is 12.3. The Balaban J connectivity index is 1.92.